The summed E-state index contributed by atoms with van der Waals surface area (Å²) in [5.41, 5.74) is 0. The second-order valence-corrected chi connectivity index (χ2v) is 34.7. The maximum Gasteiger partial charge on any atom is 0.472 e. The van der Waals surface area contributed by atoms with Gasteiger partial charge in [0.1, 0.15) is 19.3 Å². The van der Waals surface area contributed by atoms with Crippen LogP contribution in [0.5, 0.6) is 0 Å². The molecule has 0 aliphatic heterocycles. The van der Waals surface area contributed by atoms with Crippen LogP contribution >= 0.6 is 15.6 Å². The SMILES string of the molecule is CCCCCCCCCCCCCCCCCCCCCCCCC(=O)O[C@H](COC(=O)CCCCCCCCCCCCCCCCCCCC)COP(=O)(O)OC[C@@H](O)COP(=O)(O)OC[C@@H](COC(=O)CCCCCCCCCCCCC)OC(=O)CCCCCCCCCCCCCCC(C)C. The lowest BCUT2D eigenvalue weighted by molar-refractivity contribution is -0.161. The fourth-order valence-corrected chi connectivity index (χ4v) is 15.2. The molecule has 5 atom stereocenters. The number of aliphatic hydroxyl groups is 1. The van der Waals surface area contributed by atoms with Gasteiger partial charge in [0, 0.05) is 25.7 Å². The Morgan fingerprint density at radius 1 is 0.255 bits per heavy atom. The summed E-state index contributed by atoms with van der Waals surface area (Å²) in [6.07, 6.45) is 73.6. The smallest absolute Gasteiger partial charge is 0.462 e. The van der Waals surface area contributed by atoms with Crippen LogP contribution < -0.4 is 0 Å². The molecular formula is C87H170O17P2. The monoisotopic (exact) mass is 1550 g/mol. The van der Waals surface area contributed by atoms with Crippen LogP contribution in [0.25, 0.3) is 0 Å². The Balaban J connectivity index is 5.23. The zero-order chi connectivity index (χ0) is 77.6. The van der Waals surface area contributed by atoms with E-state index in [1.807, 2.05) is 0 Å². The van der Waals surface area contributed by atoms with Gasteiger partial charge in [0.15, 0.2) is 12.2 Å². The number of hydrogen-bond acceptors (Lipinski definition) is 15. The van der Waals surface area contributed by atoms with Crippen LogP contribution in [-0.4, -0.2) is 96.7 Å². The molecule has 0 radical (unpaired) electrons. The number of ether oxygens (including phenoxy) is 4. The van der Waals surface area contributed by atoms with Crippen LogP contribution in [0, 0.1) is 5.92 Å². The highest BCUT2D eigenvalue weighted by molar-refractivity contribution is 7.47. The second-order valence-electron chi connectivity index (χ2n) is 31.8. The van der Waals surface area contributed by atoms with Crippen molar-refractivity contribution in [3.63, 3.8) is 0 Å². The number of carbonyl (C=O) groups is 4. The van der Waals surface area contributed by atoms with E-state index in [2.05, 4.69) is 34.6 Å². The Labute approximate surface area is 651 Å². The first-order valence-corrected chi connectivity index (χ1v) is 48.1. The number of hydrogen-bond donors (Lipinski definition) is 3. The largest absolute Gasteiger partial charge is 0.472 e. The van der Waals surface area contributed by atoms with E-state index in [4.69, 9.17) is 37.0 Å². The number of esters is 4. The molecule has 0 bridgehead atoms. The molecule has 0 aromatic carbocycles. The van der Waals surface area contributed by atoms with Gasteiger partial charge in [0.25, 0.3) is 0 Å². The van der Waals surface area contributed by atoms with E-state index in [-0.39, 0.29) is 25.7 Å². The lowest BCUT2D eigenvalue weighted by atomic mass is 10.0. The molecule has 0 amide bonds. The number of unbranched alkanes of at least 4 members (excludes halogenated alkanes) is 59. The van der Waals surface area contributed by atoms with E-state index in [0.29, 0.717) is 25.7 Å². The fourth-order valence-electron chi connectivity index (χ4n) is 13.6. The first kappa shape index (κ1) is 104. The van der Waals surface area contributed by atoms with E-state index in [9.17, 15) is 43.2 Å². The highest BCUT2D eigenvalue weighted by atomic mass is 31.2. The van der Waals surface area contributed by atoms with Crippen LogP contribution in [0.2, 0.25) is 0 Å². The number of aliphatic hydroxyl groups excluding tert-OH is 1. The molecule has 0 aromatic rings. The third-order valence-corrected chi connectivity index (χ3v) is 22.4. The number of phosphoric acid groups is 2. The summed E-state index contributed by atoms with van der Waals surface area (Å²) in [7, 11) is -9.93. The minimum Gasteiger partial charge on any atom is -0.462 e. The van der Waals surface area contributed by atoms with Gasteiger partial charge in [-0.05, 0) is 31.6 Å². The molecule has 0 saturated heterocycles. The highest BCUT2D eigenvalue weighted by Crippen LogP contribution is 2.45. The van der Waals surface area contributed by atoms with Crippen molar-refractivity contribution in [1.29, 1.82) is 0 Å². The van der Waals surface area contributed by atoms with E-state index in [0.717, 1.165) is 95.8 Å². The molecule has 0 rings (SSSR count). The van der Waals surface area contributed by atoms with Crippen molar-refractivity contribution in [2.45, 2.75) is 490 Å². The Kier molecular flexibility index (Phi) is 78.2. The molecule has 106 heavy (non-hydrogen) atoms. The molecule has 3 N–H and O–H groups in total. The summed E-state index contributed by atoms with van der Waals surface area (Å²) in [6.45, 7) is 7.37. The predicted molar refractivity (Wildman–Crippen MR) is 437 cm³/mol. The molecule has 19 heteroatoms. The van der Waals surface area contributed by atoms with Gasteiger partial charge < -0.3 is 33.8 Å². The van der Waals surface area contributed by atoms with Crippen LogP contribution in [0.15, 0.2) is 0 Å². The first-order chi connectivity index (χ1) is 51.5. The Morgan fingerprint density at radius 3 is 0.642 bits per heavy atom. The van der Waals surface area contributed by atoms with Crippen molar-refractivity contribution in [3.8, 4) is 0 Å². The van der Waals surface area contributed by atoms with Gasteiger partial charge in [-0.3, -0.25) is 37.3 Å². The zero-order valence-corrected chi connectivity index (χ0v) is 71.4. The standard InChI is InChI=1S/C87H170O17P2/c1-6-9-12-15-18-21-24-26-28-30-32-33-34-35-37-39-41-47-52-57-62-67-72-86(91)103-83(77-98-85(90)71-66-61-56-51-46-40-38-36-31-29-27-25-22-19-16-13-10-7-2)79-102-106(95,96)100-75-81(88)74-99-105(93,94)101-78-82(76-97-84(89)70-65-60-55-50-44-23-20-17-14-11-8-3)104-87(92)73-68-63-58-53-48-43-42-45-49-54-59-64-69-80(4)5/h80-83,88H,6-79H2,1-5H3,(H,93,94)(H,95,96)/t81-,82+,83+/m0/s1. The maximum absolute atomic E-state index is 13.2. The molecule has 2 unspecified atom stereocenters. The highest BCUT2D eigenvalue weighted by Gasteiger charge is 2.30. The fraction of sp³-hybridized carbons (Fsp3) is 0.954. The van der Waals surface area contributed by atoms with Gasteiger partial charge in [0.2, 0.25) is 0 Å². The maximum atomic E-state index is 13.2. The van der Waals surface area contributed by atoms with Crippen LogP contribution in [0.1, 0.15) is 471 Å². The quantitative estimate of drug-likeness (QED) is 0.0222. The van der Waals surface area contributed by atoms with Crippen molar-refractivity contribution in [2.75, 3.05) is 39.6 Å². The van der Waals surface area contributed by atoms with E-state index in [1.165, 1.54) is 295 Å². The molecule has 0 heterocycles. The third-order valence-electron chi connectivity index (χ3n) is 20.5. The molecular weight excluding hydrogens is 1380 g/mol. The van der Waals surface area contributed by atoms with E-state index >= 15 is 0 Å². The molecule has 0 fully saturated rings. The summed E-state index contributed by atoms with van der Waals surface area (Å²) >= 11 is 0. The minimum atomic E-state index is -4.97. The van der Waals surface area contributed by atoms with Gasteiger partial charge in [-0.25, -0.2) is 9.13 Å². The third kappa shape index (κ3) is 80.1. The Morgan fingerprint density at radius 2 is 0.434 bits per heavy atom. The number of carbonyl (C=O) groups excluding carboxylic acids is 4. The molecule has 630 valence electrons. The molecule has 0 spiro atoms. The van der Waals surface area contributed by atoms with Crippen molar-refractivity contribution in [3.05, 3.63) is 0 Å². The van der Waals surface area contributed by atoms with Crippen molar-refractivity contribution < 1.29 is 80.2 Å². The lowest BCUT2D eigenvalue weighted by Crippen LogP contribution is -2.30. The van der Waals surface area contributed by atoms with Crippen LogP contribution in [0.3, 0.4) is 0 Å². The van der Waals surface area contributed by atoms with Gasteiger partial charge in [0.05, 0.1) is 26.4 Å². The first-order valence-electron chi connectivity index (χ1n) is 45.1. The Bertz CT molecular complexity index is 2010. The minimum absolute atomic E-state index is 0.108. The average Bonchev–Trinajstić information content (AvgIpc) is 0.911. The van der Waals surface area contributed by atoms with Crippen molar-refractivity contribution >= 4 is 39.5 Å². The summed E-state index contributed by atoms with van der Waals surface area (Å²) in [6, 6.07) is 0. The van der Waals surface area contributed by atoms with Crippen LogP contribution in [-0.2, 0) is 65.4 Å². The summed E-state index contributed by atoms with van der Waals surface area (Å²) < 4.78 is 68.9. The molecule has 0 aliphatic carbocycles. The van der Waals surface area contributed by atoms with Crippen LogP contribution in [0.4, 0.5) is 0 Å². The summed E-state index contributed by atoms with van der Waals surface area (Å²) in [4.78, 5) is 73.2. The van der Waals surface area contributed by atoms with Crippen molar-refractivity contribution in [2.24, 2.45) is 5.92 Å². The van der Waals surface area contributed by atoms with Gasteiger partial charge in [-0.15, -0.1) is 0 Å². The van der Waals surface area contributed by atoms with E-state index in [1.54, 1.807) is 0 Å². The normalized spacial score (nSPS) is 13.7. The Hall–Kier alpha value is -1.94. The molecule has 0 aliphatic rings. The topological polar surface area (TPSA) is 237 Å². The average molecular weight is 1550 g/mol. The predicted octanol–water partition coefficient (Wildman–Crippen LogP) is 26.8. The summed E-state index contributed by atoms with van der Waals surface area (Å²) in [5, 5.41) is 10.7. The van der Waals surface area contributed by atoms with E-state index < -0.39 is 97.5 Å². The lowest BCUT2D eigenvalue weighted by Gasteiger charge is -2.21. The van der Waals surface area contributed by atoms with Crippen molar-refractivity contribution in [1.82, 2.24) is 0 Å². The molecule has 0 saturated carbocycles. The van der Waals surface area contributed by atoms with Gasteiger partial charge >= 0.3 is 39.5 Å². The van der Waals surface area contributed by atoms with Gasteiger partial charge in [-0.2, -0.15) is 0 Å². The number of rotatable bonds is 87. The number of phosphoric ester groups is 2. The zero-order valence-electron chi connectivity index (χ0n) is 69.6. The summed E-state index contributed by atoms with van der Waals surface area (Å²) in [5.74, 6) is -1.32. The van der Waals surface area contributed by atoms with Gasteiger partial charge in [-0.1, -0.05) is 420 Å². The second kappa shape index (κ2) is 79.7. The molecule has 0 aromatic heterocycles. The molecule has 17 nitrogen and oxygen atoms in total.